The lowest BCUT2D eigenvalue weighted by molar-refractivity contribution is -0.236. The normalized spacial score (nSPS) is 57.8. The molecule has 8 unspecified atom stereocenters. The van der Waals surface area contributed by atoms with Gasteiger partial charge in [0, 0.05) is 12.3 Å². The highest BCUT2D eigenvalue weighted by Gasteiger charge is 2.93. The number of esters is 1. The summed E-state index contributed by atoms with van der Waals surface area (Å²) in [5.74, 6) is -3.98. The van der Waals surface area contributed by atoms with E-state index in [0.29, 0.717) is 5.57 Å². The zero-order valence-electron chi connectivity index (χ0n) is 12.3. The van der Waals surface area contributed by atoms with Crippen molar-refractivity contribution in [2.45, 2.75) is 49.8 Å². The Morgan fingerprint density at radius 1 is 1.45 bits per heavy atom. The summed E-state index contributed by atoms with van der Waals surface area (Å²) in [6, 6.07) is 0. The fourth-order valence-electron chi connectivity index (χ4n) is 5.30. The molecule has 0 amide bonds. The second kappa shape index (κ2) is 3.55. The number of epoxide rings is 1. The number of carboxylic acids is 1. The van der Waals surface area contributed by atoms with Crippen molar-refractivity contribution in [2.75, 3.05) is 0 Å². The Kier molecular flexibility index (Phi) is 2.29. The molecule has 0 aromatic carbocycles. The fraction of sp³-hybridized carbons (Fsp3) is 0.733. The molecule has 22 heavy (non-hydrogen) atoms. The van der Waals surface area contributed by atoms with Gasteiger partial charge in [-0.3, -0.25) is 4.79 Å². The summed E-state index contributed by atoms with van der Waals surface area (Å²) in [7, 11) is 0. The number of hydrogen-bond acceptors (Lipinski definition) is 6. The molecular formula is C15H18O7. The van der Waals surface area contributed by atoms with Crippen LogP contribution >= 0.6 is 0 Å². The van der Waals surface area contributed by atoms with Crippen molar-refractivity contribution in [3.05, 3.63) is 12.2 Å². The monoisotopic (exact) mass is 310 g/mol. The van der Waals surface area contributed by atoms with Gasteiger partial charge in [-0.25, -0.2) is 4.79 Å². The van der Waals surface area contributed by atoms with Crippen LogP contribution in [-0.2, 0) is 19.1 Å². The predicted octanol–water partition coefficient (Wildman–Crippen LogP) is -0.542. The lowest BCUT2D eigenvalue weighted by Gasteiger charge is -2.54. The topological polar surface area (TPSA) is 117 Å². The van der Waals surface area contributed by atoms with Gasteiger partial charge in [0.25, 0.3) is 0 Å². The average molecular weight is 310 g/mol. The molecule has 7 nitrogen and oxygen atoms in total. The van der Waals surface area contributed by atoms with Crippen LogP contribution in [0.5, 0.6) is 0 Å². The van der Waals surface area contributed by atoms with E-state index in [9.17, 15) is 24.9 Å². The molecule has 7 heteroatoms. The molecule has 4 fully saturated rings. The molecule has 0 aromatic heterocycles. The van der Waals surface area contributed by atoms with E-state index in [1.165, 1.54) is 0 Å². The number of aliphatic carboxylic acids is 1. The first kappa shape index (κ1) is 14.2. The SMILES string of the molecule is C=C(C)C1C(O)C2OC(=O)C34OC3CC(O)(C1C(=O)O)C24C. The molecule has 0 bridgehead atoms. The zero-order chi connectivity index (χ0) is 16.2. The van der Waals surface area contributed by atoms with E-state index in [2.05, 4.69) is 6.58 Å². The van der Waals surface area contributed by atoms with Crippen molar-refractivity contribution < 1.29 is 34.4 Å². The summed E-state index contributed by atoms with van der Waals surface area (Å²) in [5, 5.41) is 31.6. The maximum atomic E-state index is 12.3. The highest BCUT2D eigenvalue weighted by atomic mass is 16.7. The van der Waals surface area contributed by atoms with E-state index in [0.717, 1.165) is 0 Å². The molecule has 0 radical (unpaired) electrons. The minimum Gasteiger partial charge on any atom is -0.481 e. The molecule has 2 saturated carbocycles. The van der Waals surface area contributed by atoms with Crippen molar-refractivity contribution in [3.8, 4) is 0 Å². The minimum absolute atomic E-state index is 0.0442. The summed E-state index contributed by atoms with van der Waals surface area (Å²) >= 11 is 0. The van der Waals surface area contributed by atoms with Gasteiger partial charge < -0.3 is 24.8 Å². The highest BCUT2D eigenvalue weighted by molar-refractivity contribution is 5.90. The third-order valence-electron chi connectivity index (χ3n) is 6.38. The Morgan fingerprint density at radius 3 is 2.64 bits per heavy atom. The molecule has 120 valence electrons. The smallest absolute Gasteiger partial charge is 0.342 e. The molecule has 4 aliphatic rings. The van der Waals surface area contributed by atoms with Gasteiger partial charge in [0.1, 0.15) is 12.2 Å². The lowest BCUT2D eigenvalue weighted by Crippen LogP contribution is -2.70. The Hall–Kier alpha value is -1.44. The first-order chi connectivity index (χ1) is 10.1. The van der Waals surface area contributed by atoms with Gasteiger partial charge in [-0.05, 0) is 13.8 Å². The van der Waals surface area contributed by atoms with Crippen LogP contribution in [-0.4, -0.2) is 56.8 Å². The van der Waals surface area contributed by atoms with Gasteiger partial charge in [0.05, 0.1) is 23.0 Å². The van der Waals surface area contributed by atoms with Gasteiger partial charge in [0.15, 0.2) is 0 Å². The van der Waals surface area contributed by atoms with Crippen LogP contribution in [0.1, 0.15) is 20.3 Å². The van der Waals surface area contributed by atoms with Gasteiger partial charge in [0.2, 0.25) is 5.60 Å². The Bertz CT molecular complexity index is 629. The number of carbonyl (C=O) groups excluding carboxylic acids is 1. The molecule has 8 atom stereocenters. The summed E-state index contributed by atoms with van der Waals surface area (Å²) in [6.45, 7) is 6.95. The van der Waals surface area contributed by atoms with E-state index >= 15 is 0 Å². The molecule has 2 saturated heterocycles. The molecule has 4 rings (SSSR count). The van der Waals surface area contributed by atoms with E-state index in [1.807, 2.05) is 0 Å². The van der Waals surface area contributed by atoms with Crippen molar-refractivity contribution in [1.29, 1.82) is 0 Å². The zero-order valence-corrected chi connectivity index (χ0v) is 12.3. The second-order valence-corrected chi connectivity index (χ2v) is 7.18. The molecule has 3 N–H and O–H groups in total. The minimum atomic E-state index is -1.69. The van der Waals surface area contributed by atoms with Crippen LogP contribution in [0.25, 0.3) is 0 Å². The quantitative estimate of drug-likeness (QED) is 0.356. The molecule has 2 aliphatic heterocycles. The van der Waals surface area contributed by atoms with Crippen LogP contribution < -0.4 is 0 Å². The van der Waals surface area contributed by atoms with E-state index < -0.39 is 58.7 Å². The number of aliphatic hydroxyl groups is 2. The van der Waals surface area contributed by atoms with Gasteiger partial charge in [-0.2, -0.15) is 0 Å². The summed E-state index contributed by atoms with van der Waals surface area (Å²) in [5.41, 5.74) is -3.85. The molecule has 0 aromatic rings. The van der Waals surface area contributed by atoms with Gasteiger partial charge in [-0.1, -0.05) is 12.2 Å². The summed E-state index contributed by atoms with van der Waals surface area (Å²) in [4.78, 5) is 24.1. The van der Waals surface area contributed by atoms with E-state index in [-0.39, 0.29) is 6.42 Å². The predicted molar refractivity (Wildman–Crippen MR) is 70.6 cm³/mol. The number of ether oxygens (including phenoxy) is 2. The van der Waals surface area contributed by atoms with Crippen molar-refractivity contribution in [2.24, 2.45) is 17.3 Å². The van der Waals surface area contributed by atoms with Crippen molar-refractivity contribution in [1.82, 2.24) is 0 Å². The first-order valence-electron chi connectivity index (χ1n) is 7.30. The standard InChI is InChI=1S/C15H18O7/c1-5(2)7-8(11(17)18)14(20)4-6-15(22-6)12(19)21-10(9(7)16)13(14,15)3/h6-10,16,20H,1,4H2,2-3H3,(H,17,18). The van der Waals surface area contributed by atoms with Gasteiger partial charge >= 0.3 is 11.9 Å². The fourth-order valence-corrected chi connectivity index (χ4v) is 5.30. The average Bonchev–Trinajstić information content (AvgIpc) is 3.01. The number of aliphatic hydroxyl groups excluding tert-OH is 1. The molecule has 1 spiro atoms. The Balaban J connectivity index is 1.95. The second-order valence-electron chi connectivity index (χ2n) is 7.18. The third-order valence-corrected chi connectivity index (χ3v) is 6.38. The largest absolute Gasteiger partial charge is 0.481 e. The van der Waals surface area contributed by atoms with Crippen LogP contribution in [0, 0.1) is 17.3 Å². The summed E-state index contributed by atoms with van der Waals surface area (Å²) < 4.78 is 10.8. The third kappa shape index (κ3) is 1.09. The maximum Gasteiger partial charge on any atom is 0.342 e. The highest BCUT2D eigenvalue weighted by Crippen LogP contribution is 2.75. The van der Waals surface area contributed by atoms with Crippen LogP contribution in [0.4, 0.5) is 0 Å². The number of carbonyl (C=O) groups is 2. The molecule has 2 heterocycles. The number of rotatable bonds is 2. The molecule has 2 aliphatic carbocycles. The van der Waals surface area contributed by atoms with Crippen LogP contribution in [0.15, 0.2) is 12.2 Å². The summed E-state index contributed by atoms with van der Waals surface area (Å²) in [6.07, 6.45) is -2.76. The van der Waals surface area contributed by atoms with E-state index in [4.69, 9.17) is 9.47 Å². The molecular weight excluding hydrogens is 292 g/mol. The van der Waals surface area contributed by atoms with Crippen LogP contribution in [0.2, 0.25) is 0 Å². The Labute approximate surface area is 126 Å². The number of hydrogen-bond donors (Lipinski definition) is 3. The van der Waals surface area contributed by atoms with E-state index in [1.54, 1.807) is 13.8 Å². The lowest BCUT2D eigenvalue weighted by atomic mass is 9.52. The first-order valence-corrected chi connectivity index (χ1v) is 7.30. The number of carboxylic acid groups (broad SMARTS) is 1. The van der Waals surface area contributed by atoms with Crippen molar-refractivity contribution >= 4 is 11.9 Å². The Morgan fingerprint density at radius 2 is 2.09 bits per heavy atom. The van der Waals surface area contributed by atoms with Gasteiger partial charge in [-0.15, -0.1) is 0 Å². The van der Waals surface area contributed by atoms with Crippen molar-refractivity contribution in [3.63, 3.8) is 0 Å². The maximum absolute atomic E-state index is 12.3. The van der Waals surface area contributed by atoms with Crippen LogP contribution in [0.3, 0.4) is 0 Å².